The highest BCUT2D eigenvalue weighted by atomic mass is 79.9. The van der Waals surface area contributed by atoms with Crippen LogP contribution in [0.2, 0.25) is 0 Å². The molecule has 1 aromatic rings. The van der Waals surface area contributed by atoms with E-state index in [2.05, 4.69) is 21.2 Å². The Morgan fingerprint density at radius 1 is 1.55 bits per heavy atom. The molecule has 2 rings (SSSR count). The Bertz CT molecular complexity index is 576. The first-order chi connectivity index (χ1) is 9.41. The summed E-state index contributed by atoms with van der Waals surface area (Å²) in [5.41, 5.74) is 0. The number of nitrogens with one attached hydrogen (secondary N) is 1. The van der Waals surface area contributed by atoms with Crippen LogP contribution < -0.4 is 5.32 Å². The molecule has 1 saturated heterocycles. The normalized spacial score (nSPS) is 20.3. The van der Waals surface area contributed by atoms with Crippen LogP contribution in [0.25, 0.3) is 0 Å². The second-order valence-electron chi connectivity index (χ2n) is 4.56. The Morgan fingerprint density at radius 2 is 2.30 bits per heavy atom. The Kier molecular flexibility index (Phi) is 5.14. The fourth-order valence-electron chi connectivity index (χ4n) is 1.97. The van der Waals surface area contributed by atoms with Crippen molar-refractivity contribution in [2.24, 2.45) is 0 Å². The van der Waals surface area contributed by atoms with Gasteiger partial charge in [0.05, 0.1) is 17.6 Å². The van der Waals surface area contributed by atoms with Crippen LogP contribution in [0.1, 0.15) is 0 Å². The van der Waals surface area contributed by atoms with E-state index < -0.39 is 15.8 Å². The highest BCUT2D eigenvalue weighted by Gasteiger charge is 2.27. The van der Waals surface area contributed by atoms with Gasteiger partial charge in [-0.05, 0) is 34.1 Å². The smallest absolute Gasteiger partial charge is 0.244 e. The highest BCUT2D eigenvalue weighted by molar-refractivity contribution is 9.10. The van der Waals surface area contributed by atoms with Gasteiger partial charge in [-0.25, -0.2) is 12.8 Å². The fourth-order valence-corrected chi connectivity index (χ4v) is 4.18. The number of rotatable bonds is 4. The number of nitrogens with zero attached hydrogens (tertiary/aromatic N) is 1. The first-order valence-corrected chi connectivity index (χ1v) is 8.38. The van der Waals surface area contributed by atoms with E-state index in [0.29, 0.717) is 13.2 Å². The second kappa shape index (κ2) is 6.48. The summed E-state index contributed by atoms with van der Waals surface area (Å²) < 4.78 is 44.8. The fraction of sp³-hybridized carbons (Fsp3) is 0.500. The summed E-state index contributed by atoms with van der Waals surface area (Å²) in [6.07, 6.45) is -0.178. The van der Waals surface area contributed by atoms with E-state index in [0.717, 1.165) is 18.7 Å². The summed E-state index contributed by atoms with van der Waals surface area (Å²) in [5, 5.41) is 3.14. The maximum absolute atomic E-state index is 13.0. The molecule has 1 aliphatic heterocycles. The van der Waals surface area contributed by atoms with E-state index in [-0.39, 0.29) is 22.0 Å². The molecule has 0 amide bonds. The molecule has 0 bridgehead atoms. The van der Waals surface area contributed by atoms with E-state index in [9.17, 15) is 12.8 Å². The highest BCUT2D eigenvalue weighted by Crippen LogP contribution is 2.25. The van der Waals surface area contributed by atoms with Crippen LogP contribution in [0.5, 0.6) is 0 Å². The maximum atomic E-state index is 13.0. The van der Waals surface area contributed by atoms with Crippen LogP contribution in [-0.4, -0.2) is 52.1 Å². The van der Waals surface area contributed by atoms with Gasteiger partial charge in [0.25, 0.3) is 0 Å². The third-order valence-corrected chi connectivity index (χ3v) is 5.85. The topological polar surface area (TPSA) is 58.6 Å². The van der Waals surface area contributed by atoms with Gasteiger partial charge in [-0.3, -0.25) is 0 Å². The number of ether oxygens (including phenoxy) is 1. The van der Waals surface area contributed by atoms with Crippen LogP contribution >= 0.6 is 15.9 Å². The Labute approximate surface area is 126 Å². The molecule has 0 aromatic heterocycles. The molecule has 1 aliphatic rings. The van der Waals surface area contributed by atoms with Crippen molar-refractivity contribution in [2.45, 2.75) is 11.0 Å². The van der Waals surface area contributed by atoms with Gasteiger partial charge in [0.2, 0.25) is 10.0 Å². The van der Waals surface area contributed by atoms with Gasteiger partial charge < -0.3 is 10.1 Å². The minimum absolute atomic E-state index is 0.0465. The summed E-state index contributed by atoms with van der Waals surface area (Å²) >= 11 is 3.09. The Balaban J connectivity index is 2.16. The van der Waals surface area contributed by atoms with Crippen molar-refractivity contribution < 1.29 is 17.5 Å². The van der Waals surface area contributed by atoms with Crippen LogP contribution in [0.15, 0.2) is 27.6 Å². The molecule has 1 atom stereocenters. The number of hydrogen-bond donors (Lipinski definition) is 1. The van der Waals surface area contributed by atoms with Crippen LogP contribution in [0.3, 0.4) is 0 Å². The van der Waals surface area contributed by atoms with Crippen molar-refractivity contribution in [1.29, 1.82) is 0 Å². The molecule has 0 radical (unpaired) electrons. The van der Waals surface area contributed by atoms with Crippen molar-refractivity contribution >= 4 is 26.0 Å². The van der Waals surface area contributed by atoms with Crippen LogP contribution in [-0.2, 0) is 14.8 Å². The molecule has 1 heterocycles. The molecule has 8 heteroatoms. The van der Waals surface area contributed by atoms with Gasteiger partial charge in [-0.15, -0.1) is 0 Å². The van der Waals surface area contributed by atoms with E-state index in [1.165, 1.54) is 17.4 Å². The largest absolute Gasteiger partial charge is 0.374 e. The van der Waals surface area contributed by atoms with Gasteiger partial charge in [0.1, 0.15) is 5.82 Å². The summed E-state index contributed by atoms with van der Waals surface area (Å²) in [5.74, 6) is -0.488. The molecule has 0 saturated carbocycles. The first-order valence-electron chi connectivity index (χ1n) is 6.15. The lowest BCUT2D eigenvalue weighted by Crippen LogP contribution is -2.45. The maximum Gasteiger partial charge on any atom is 0.244 e. The quantitative estimate of drug-likeness (QED) is 0.869. The first kappa shape index (κ1) is 15.8. The SMILES string of the molecule is CN(CC1CNCCO1)S(=O)(=O)c1ccc(F)cc1Br. The molecule has 1 unspecified atom stereocenters. The summed E-state index contributed by atoms with van der Waals surface area (Å²) in [6.45, 7) is 2.21. The van der Waals surface area contributed by atoms with Crippen LogP contribution in [0.4, 0.5) is 4.39 Å². The third kappa shape index (κ3) is 3.56. The van der Waals surface area contributed by atoms with Crippen molar-refractivity contribution in [3.8, 4) is 0 Å². The van der Waals surface area contributed by atoms with Crippen molar-refractivity contribution in [1.82, 2.24) is 9.62 Å². The molecular weight excluding hydrogens is 351 g/mol. The zero-order chi connectivity index (χ0) is 14.8. The number of halogens is 2. The van der Waals surface area contributed by atoms with Gasteiger partial charge >= 0.3 is 0 Å². The average Bonchev–Trinajstić information content (AvgIpc) is 2.39. The average molecular weight is 367 g/mol. The number of sulfonamides is 1. The molecular formula is C12H16BrFN2O3S. The molecule has 1 N–H and O–H groups in total. The summed E-state index contributed by atoms with van der Waals surface area (Å²) in [6, 6.07) is 3.52. The lowest BCUT2D eigenvalue weighted by molar-refractivity contribution is 0.0206. The van der Waals surface area contributed by atoms with Crippen molar-refractivity contribution in [3.63, 3.8) is 0 Å². The van der Waals surface area contributed by atoms with Gasteiger partial charge in [0, 0.05) is 31.2 Å². The lowest BCUT2D eigenvalue weighted by Gasteiger charge is -2.27. The van der Waals surface area contributed by atoms with Gasteiger partial charge in [-0.1, -0.05) is 0 Å². The summed E-state index contributed by atoms with van der Waals surface area (Å²) in [7, 11) is -2.18. The number of likely N-dealkylation sites (N-methyl/N-ethyl adjacent to an activating group) is 1. The van der Waals surface area contributed by atoms with E-state index in [4.69, 9.17) is 4.74 Å². The molecule has 112 valence electrons. The molecule has 1 fully saturated rings. The summed E-state index contributed by atoms with van der Waals surface area (Å²) in [4.78, 5) is 0.0465. The lowest BCUT2D eigenvalue weighted by atomic mass is 10.3. The van der Waals surface area contributed by atoms with Gasteiger partial charge in [0.15, 0.2) is 0 Å². The molecule has 0 spiro atoms. The molecule has 20 heavy (non-hydrogen) atoms. The van der Waals surface area contributed by atoms with E-state index in [1.807, 2.05) is 0 Å². The van der Waals surface area contributed by atoms with Crippen molar-refractivity contribution in [2.75, 3.05) is 33.3 Å². The number of benzene rings is 1. The monoisotopic (exact) mass is 366 g/mol. The van der Waals surface area contributed by atoms with Crippen molar-refractivity contribution in [3.05, 3.63) is 28.5 Å². The Morgan fingerprint density at radius 3 is 2.90 bits per heavy atom. The molecule has 1 aromatic carbocycles. The third-order valence-electron chi connectivity index (χ3n) is 3.05. The van der Waals surface area contributed by atoms with E-state index >= 15 is 0 Å². The zero-order valence-corrected chi connectivity index (χ0v) is 13.4. The predicted octanol–water partition coefficient (Wildman–Crippen LogP) is 1.20. The number of morpholine rings is 1. The Hall–Kier alpha value is -0.540. The minimum atomic E-state index is -3.67. The number of hydrogen-bond acceptors (Lipinski definition) is 4. The minimum Gasteiger partial charge on any atom is -0.374 e. The predicted molar refractivity (Wildman–Crippen MR) is 76.5 cm³/mol. The molecule has 0 aliphatic carbocycles. The standard InChI is InChI=1S/C12H16BrFN2O3S/c1-16(8-10-7-15-4-5-19-10)20(17,18)12-3-2-9(14)6-11(12)13/h2-3,6,10,15H,4-5,7-8H2,1H3. The second-order valence-corrected chi connectivity index (χ2v) is 7.42. The zero-order valence-electron chi connectivity index (χ0n) is 11.0. The van der Waals surface area contributed by atoms with Gasteiger partial charge in [-0.2, -0.15) is 4.31 Å². The van der Waals surface area contributed by atoms with Crippen LogP contribution in [0, 0.1) is 5.82 Å². The van der Waals surface area contributed by atoms with E-state index in [1.54, 1.807) is 0 Å². The molecule has 5 nitrogen and oxygen atoms in total.